The van der Waals surface area contributed by atoms with Crippen LogP contribution in [0.1, 0.15) is 13.8 Å². The van der Waals surface area contributed by atoms with E-state index in [1.165, 1.54) is 13.0 Å². The number of anilines is 4. The van der Waals surface area contributed by atoms with Gasteiger partial charge in [0.1, 0.15) is 5.65 Å². The average molecular weight is 529 g/mol. The highest BCUT2D eigenvalue weighted by Crippen LogP contribution is 2.36. The molecule has 9 nitrogen and oxygen atoms in total. The van der Waals surface area contributed by atoms with E-state index in [2.05, 4.69) is 43.5 Å². The fraction of sp³-hybridized carbons (Fsp3) is 0.276. The number of carbonyl (C=O) groups excluding carboxylic acids is 1. The Balaban J connectivity index is 1.57. The van der Waals surface area contributed by atoms with E-state index in [1.54, 1.807) is 6.07 Å². The molecular formula is C29H33FN8O. The number of benzene rings is 2. The minimum absolute atomic E-state index is 0.279. The van der Waals surface area contributed by atoms with Crippen LogP contribution in [0, 0.1) is 5.82 Å². The van der Waals surface area contributed by atoms with Crippen molar-refractivity contribution in [3.63, 3.8) is 0 Å². The standard InChI is InChI=1S/C29H33FN8O/c1-6-38(14-13-36(3)4)27-23(30)15-19(16-24(27)32-18(2)39)33-29-34-26(21-11-12-31-28(21)35-29)22-17-37(5)25-10-8-7-9-20(22)25/h7-12,15-17H,6,13-14H2,1-5H3,(H,32,39)(H2,31,33,34,35). The minimum atomic E-state index is -0.445. The van der Waals surface area contributed by atoms with Crippen molar-refractivity contribution >= 4 is 50.9 Å². The summed E-state index contributed by atoms with van der Waals surface area (Å²) in [5.41, 5.74) is 4.67. The lowest BCUT2D eigenvalue weighted by Gasteiger charge is -2.28. The molecule has 2 aromatic carbocycles. The Morgan fingerprint density at radius 3 is 2.64 bits per heavy atom. The quantitative estimate of drug-likeness (QED) is 0.239. The maximum Gasteiger partial charge on any atom is 0.229 e. The van der Waals surface area contributed by atoms with Gasteiger partial charge in [0.05, 0.1) is 17.1 Å². The van der Waals surface area contributed by atoms with E-state index < -0.39 is 5.82 Å². The van der Waals surface area contributed by atoms with Gasteiger partial charge < -0.3 is 30.0 Å². The van der Waals surface area contributed by atoms with E-state index in [-0.39, 0.29) is 5.91 Å². The lowest BCUT2D eigenvalue weighted by molar-refractivity contribution is -0.114. The smallest absolute Gasteiger partial charge is 0.229 e. The van der Waals surface area contributed by atoms with Crippen molar-refractivity contribution in [2.45, 2.75) is 13.8 Å². The Kier molecular flexibility index (Phi) is 7.21. The van der Waals surface area contributed by atoms with Crippen LogP contribution in [0.4, 0.5) is 27.4 Å². The molecule has 5 aromatic rings. The van der Waals surface area contributed by atoms with Crippen molar-refractivity contribution in [1.82, 2.24) is 24.4 Å². The highest BCUT2D eigenvalue weighted by atomic mass is 19.1. The van der Waals surface area contributed by atoms with Crippen LogP contribution in [0.15, 0.2) is 54.9 Å². The number of nitrogens with one attached hydrogen (secondary N) is 3. The second-order valence-corrected chi connectivity index (χ2v) is 9.85. The number of para-hydroxylation sites is 1. The minimum Gasteiger partial charge on any atom is -0.366 e. The summed E-state index contributed by atoms with van der Waals surface area (Å²) in [5.74, 6) is -0.410. The lowest BCUT2D eigenvalue weighted by atomic mass is 10.1. The maximum atomic E-state index is 15.7. The summed E-state index contributed by atoms with van der Waals surface area (Å²) in [6.45, 7) is 5.32. The summed E-state index contributed by atoms with van der Waals surface area (Å²) in [7, 11) is 5.95. The number of halogens is 1. The molecule has 0 atom stereocenters. The van der Waals surface area contributed by atoms with Crippen molar-refractivity contribution in [3.8, 4) is 11.3 Å². The number of H-pyrrole nitrogens is 1. The van der Waals surface area contributed by atoms with Crippen molar-refractivity contribution in [1.29, 1.82) is 0 Å². The zero-order chi connectivity index (χ0) is 27.7. The molecule has 3 heterocycles. The average Bonchev–Trinajstić information content (AvgIpc) is 3.49. The number of aromatic amines is 1. The molecule has 3 aromatic heterocycles. The van der Waals surface area contributed by atoms with Gasteiger partial charge in [0.15, 0.2) is 5.82 Å². The zero-order valence-corrected chi connectivity index (χ0v) is 22.8. The molecule has 202 valence electrons. The van der Waals surface area contributed by atoms with Gasteiger partial charge >= 0.3 is 0 Å². The molecule has 3 N–H and O–H groups in total. The van der Waals surface area contributed by atoms with Crippen LogP contribution in [0.25, 0.3) is 33.2 Å². The van der Waals surface area contributed by atoms with Crippen LogP contribution in [0.2, 0.25) is 0 Å². The topological polar surface area (TPSA) is 94.1 Å². The molecule has 0 spiro atoms. The molecule has 10 heteroatoms. The first-order valence-electron chi connectivity index (χ1n) is 12.9. The van der Waals surface area contributed by atoms with Crippen LogP contribution in [-0.2, 0) is 11.8 Å². The third-order valence-electron chi connectivity index (χ3n) is 6.71. The van der Waals surface area contributed by atoms with E-state index in [0.29, 0.717) is 41.7 Å². The Morgan fingerprint density at radius 1 is 1.10 bits per heavy atom. The molecule has 0 aliphatic heterocycles. The predicted molar refractivity (Wildman–Crippen MR) is 156 cm³/mol. The molecule has 0 saturated heterocycles. The second kappa shape index (κ2) is 10.7. The Morgan fingerprint density at radius 2 is 1.90 bits per heavy atom. The fourth-order valence-electron chi connectivity index (χ4n) is 4.89. The fourth-order valence-corrected chi connectivity index (χ4v) is 4.89. The molecule has 0 bridgehead atoms. The van der Waals surface area contributed by atoms with Crippen LogP contribution in [0.3, 0.4) is 0 Å². The van der Waals surface area contributed by atoms with Crippen LogP contribution >= 0.6 is 0 Å². The number of fused-ring (bicyclic) bond motifs is 2. The molecule has 0 fully saturated rings. The first-order chi connectivity index (χ1) is 18.7. The Hall–Kier alpha value is -4.44. The van der Waals surface area contributed by atoms with E-state index >= 15 is 4.39 Å². The number of aromatic nitrogens is 4. The van der Waals surface area contributed by atoms with Gasteiger partial charge in [-0.25, -0.2) is 9.37 Å². The highest BCUT2D eigenvalue weighted by Gasteiger charge is 2.20. The molecule has 39 heavy (non-hydrogen) atoms. The normalized spacial score (nSPS) is 11.5. The van der Waals surface area contributed by atoms with Gasteiger partial charge in [-0.2, -0.15) is 4.98 Å². The van der Waals surface area contributed by atoms with Gasteiger partial charge in [-0.1, -0.05) is 18.2 Å². The van der Waals surface area contributed by atoms with Gasteiger partial charge in [-0.15, -0.1) is 0 Å². The van der Waals surface area contributed by atoms with Gasteiger partial charge in [0.25, 0.3) is 0 Å². The Bertz CT molecular complexity index is 1650. The molecule has 0 aliphatic rings. The van der Waals surface area contributed by atoms with Crippen molar-refractivity contribution in [3.05, 3.63) is 60.7 Å². The monoisotopic (exact) mass is 528 g/mol. The molecule has 1 amide bonds. The maximum absolute atomic E-state index is 15.7. The van der Waals surface area contributed by atoms with Crippen molar-refractivity contribution < 1.29 is 9.18 Å². The number of hydrogen-bond acceptors (Lipinski definition) is 6. The third-order valence-corrected chi connectivity index (χ3v) is 6.71. The first kappa shape index (κ1) is 26.2. The predicted octanol–water partition coefficient (Wildman–Crippen LogP) is 5.35. The lowest BCUT2D eigenvalue weighted by Crippen LogP contribution is -2.33. The number of carbonyl (C=O) groups is 1. The first-order valence-corrected chi connectivity index (χ1v) is 12.9. The van der Waals surface area contributed by atoms with Crippen LogP contribution in [0.5, 0.6) is 0 Å². The van der Waals surface area contributed by atoms with Gasteiger partial charge in [-0.3, -0.25) is 4.79 Å². The van der Waals surface area contributed by atoms with Gasteiger partial charge in [-0.05, 0) is 45.3 Å². The molecular weight excluding hydrogens is 495 g/mol. The van der Waals surface area contributed by atoms with Crippen molar-refractivity contribution in [2.75, 3.05) is 49.3 Å². The zero-order valence-electron chi connectivity index (χ0n) is 22.8. The molecule has 0 aliphatic carbocycles. The third kappa shape index (κ3) is 5.28. The number of aryl methyl sites for hydroxylation is 1. The van der Waals surface area contributed by atoms with E-state index in [0.717, 1.165) is 34.1 Å². The van der Waals surface area contributed by atoms with Crippen LogP contribution < -0.4 is 15.5 Å². The highest BCUT2D eigenvalue weighted by molar-refractivity contribution is 6.03. The van der Waals surface area contributed by atoms with Gasteiger partial charge in [0, 0.05) is 73.5 Å². The molecule has 5 rings (SSSR count). The summed E-state index contributed by atoms with van der Waals surface area (Å²) >= 11 is 0. The summed E-state index contributed by atoms with van der Waals surface area (Å²) < 4.78 is 17.7. The SMILES string of the molecule is CCN(CCN(C)C)c1c(F)cc(Nc2nc(-c3cn(C)c4ccccc34)c3cc[nH]c3n2)cc1NC(C)=O. The van der Waals surface area contributed by atoms with Crippen LogP contribution in [-0.4, -0.2) is 64.1 Å². The Labute approximate surface area is 226 Å². The summed E-state index contributed by atoms with van der Waals surface area (Å²) in [6, 6.07) is 13.2. The molecule has 0 saturated carbocycles. The second-order valence-electron chi connectivity index (χ2n) is 9.85. The number of nitrogens with zero attached hydrogens (tertiary/aromatic N) is 5. The molecule has 0 radical (unpaired) electrons. The summed E-state index contributed by atoms with van der Waals surface area (Å²) in [5, 5.41) is 7.94. The largest absolute Gasteiger partial charge is 0.366 e. The van der Waals surface area contributed by atoms with E-state index in [4.69, 9.17) is 4.98 Å². The number of amides is 1. The summed E-state index contributed by atoms with van der Waals surface area (Å²) in [6.07, 6.45) is 3.88. The van der Waals surface area contributed by atoms with E-state index in [9.17, 15) is 4.79 Å². The molecule has 0 unspecified atom stereocenters. The number of likely N-dealkylation sites (N-methyl/N-ethyl adjacent to an activating group) is 2. The van der Waals surface area contributed by atoms with Gasteiger partial charge in [0.2, 0.25) is 11.9 Å². The summed E-state index contributed by atoms with van der Waals surface area (Å²) in [4.78, 5) is 28.7. The number of rotatable bonds is 9. The van der Waals surface area contributed by atoms with E-state index in [1.807, 2.05) is 62.3 Å². The van der Waals surface area contributed by atoms with Crippen molar-refractivity contribution in [2.24, 2.45) is 7.05 Å². The number of hydrogen-bond donors (Lipinski definition) is 3.